The van der Waals surface area contributed by atoms with Crippen molar-refractivity contribution < 1.29 is 17.1 Å². The minimum absolute atomic E-state index is 0. The second kappa shape index (κ2) is 12.3. The standard InChI is InChI=1S/C11H17.C7H9.Fe/c1-2-3-4-5-8-11-9-6-7-10-11;1-2-7-5-3-4-6-7;/h6-7,9-10H,2-5,8H2,1H3;3-6H,2H2,1H3;/q-1;-5;. The second-order valence-corrected chi connectivity index (χ2v) is 4.75. The quantitative estimate of drug-likeness (QED) is 0.375. The van der Waals surface area contributed by atoms with E-state index in [4.69, 9.17) is 0 Å². The van der Waals surface area contributed by atoms with Crippen LogP contribution in [0.15, 0.2) is 48.5 Å². The number of unbranched alkanes of at least 4 members (excludes halogenated alkanes) is 3. The summed E-state index contributed by atoms with van der Waals surface area (Å²) in [4.78, 5) is 0. The molecule has 2 aromatic carbocycles. The summed E-state index contributed by atoms with van der Waals surface area (Å²) >= 11 is 0. The number of aryl methyl sites for hydroxylation is 2. The maximum atomic E-state index is 2.25. The van der Waals surface area contributed by atoms with Crippen LogP contribution in [0.1, 0.15) is 50.7 Å². The third-order valence-corrected chi connectivity index (χ3v) is 3.19. The predicted molar refractivity (Wildman–Crippen MR) is 81.3 cm³/mol. The average molecular weight is 298 g/mol. The topological polar surface area (TPSA) is 0 Å². The third kappa shape index (κ3) is 8.86. The molecule has 0 saturated carbocycles. The molecule has 1 heteroatoms. The van der Waals surface area contributed by atoms with Crippen LogP contribution < -0.4 is 0 Å². The van der Waals surface area contributed by atoms with Crippen molar-refractivity contribution in [3.05, 3.63) is 59.7 Å². The summed E-state index contributed by atoms with van der Waals surface area (Å²) in [6.07, 6.45) is 7.90. The van der Waals surface area contributed by atoms with Gasteiger partial charge in [-0.05, 0) is 0 Å². The summed E-state index contributed by atoms with van der Waals surface area (Å²) in [5.41, 5.74) is 2.93. The monoisotopic (exact) mass is 298 g/mol. The van der Waals surface area contributed by atoms with Crippen molar-refractivity contribution in [3.63, 3.8) is 0 Å². The predicted octanol–water partition coefficient (Wildman–Crippen LogP) is 5.49. The molecule has 112 valence electrons. The van der Waals surface area contributed by atoms with Crippen molar-refractivity contribution in [1.82, 2.24) is 0 Å². The van der Waals surface area contributed by atoms with Crippen LogP contribution in [0, 0.1) is 0 Å². The first-order valence-electron chi connectivity index (χ1n) is 7.28. The first-order valence-corrected chi connectivity index (χ1v) is 7.28. The van der Waals surface area contributed by atoms with Crippen LogP contribution in [0.4, 0.5) is 0 Å². The molecule has 0 bridgehead atoms. The summed E-state index contributed by atoms with van der Waals surface area (Å²) in [6.45, 7) is 4.41. The Balaban J connectivity index is 0.000000352. The molecule has 0 radical (unpaired) electrons. The van der Waals surface area contributed by atoms with E-state index in [1.54, 1.807) is 0 Å². The van der Waals surface area contributed by atoms with Gasteiger partial charge in [-0.1, -0.05) is 46.0 Å². The first kappa shape index (κ1) is 18.2. The van der Waals surface area contributed by atoms with Crippen LogP contribution in [-0.4, -0.2) is 0 Å². The Labute approximate surface area is 129 Å². The fourth-order valence-electron chi connectivity index (χ4n) is 1.99. The van der Waals surface area contributed by atoms with Gasteiger partial charge in [0.2, 0.25) is 0 Å². The molecule has 19 heavy (non-hydrogen) atoms. The fourth-order valence-corrected chi connectivity index (χ4v) is 1.99. The van der Waals surface area contributed by atoms with Gasteiger partial charge in [-0.2, -0.15) is 17.7 Å². The molecular formula is C18H26Fe-6. The molecule has 0 fully saturated rings. The van der Waals surface area contributed by atoms with E-state index >= 15 is 0 Å². The first-order chi connectivity index (χ1) is 8.86. The smallest absolute Gasteiger partial charge is 0 e. The largest absolute Gasteiger partial charge is 0.748 e. The molecule has 2 rings (SSSR count). The van der Waals surface area contributed by atoms with E-state index in [-0.39, 0.29) is 17.1 Å². The van der Waals surface area contributed by atoms with Crippen molar-refractivity contribution in [1.29, 1.82) is 0 Å². The van der Waals surface area contributed by atoms with E-state index in [2.05, 4.69) is 62.4 Å². The molecule has 0 spiro atoms. The van der Waals surface area contributed by atoms with E-state index in [0.29, 0.717) is 0 Å². The number of hydrogen-bond acceptors (Lipinski definition) is 0. The van der Waals surface area contributed by atoms with E-state index in [1.165, 1.54) is 43.2 Å². The Morgan fingerprint density at radius 3 is 2.00 bits per heavy atom. The normalized spacial score (nSPS) is 9.37. The van der Waals surface area contributed by atoms with Crippen molar-refractivity contribution in [2.24, 2.45) is 0 Å². The van der Waals surface area contributed by atoms with Gasteiger partial charge in [-0.25, -0.2) is 18.6 Å². The SMILES string of the molecule is CCCCCC[c-]1cccc1.CC[c-]1[cH-][cH-][cH-][cH-]1.[Fe]. The van der Waals surface area contributed by atoms with Crippen LogP contribution >= 0.6 is 0 Å². The Hall–Kier alpha value is -0.781. The Bertz CT molecular complexity index is 356. The Morgan fingerprint density at radius 2 is 1.53 bits per heavy atom. The number of rotatable bonds is 6. The molecule has 0 N–H and O–H groups in total. The van der Waals surface area contributed by atoms with E-state index in [0.717, 1.165) is 6.42 Å². The van der Waals surface area contributed by atoms with Gasteiger partial charge < -0.3 is 29.8 Å². The molecule has 0 nitrogen and oxygen atoms in total. The Morgan fingerprint density at radius 1 is 0.895 bits per heavy atom. The van der Waals surface area contributed by atoms with Crippen LogP contribution in [0.5, 0.6) is 0 Å². The van der Waals surface area contributed by atoms with Gasteiger partial charge in [0.15, 0.2) is 0 Å². The summed E-state index contributed by atoms with van der Waals surface area (Å²) in [5, 5.41) is 0. The van der Waals surface area contributed by atoms with E-state index < -0.39 is 0 Å². The van der Waals surface area contributed by atoms with Crippen molar-refractivity contribution >= 4 is 0 Å². The minimum Gasteiger partial charge on any atom is -0.748 e. The van der Waals surface area contributed by atoms with Crippen LogP contribution in [0.25, 0.3) is 0 Å². The van der Waals surface area contributed by atoms with Crippen molar-refractivity contribution in [2.75, 3.05) is 0 Å². The molecule has 0 aliphatic carbocycles. The fraction of sp³-hybridized carbons (Fsp3) is 0.444. The molecule has 0 aliphatic heterocycles. The Kier molecular flexibility index (Phi) is 11.8. The molecule has 0 aromatic heterocycles. The summed E-state index contributed by atoms with van der Waals surface area (Å²) in [5.74, 6) is 0. The van der Waals surface area contributed by atoms with Crippen LogP contribution in [0.3, 0.4) is 0 Å². The molecule has 0 saturated heterocycles. The van der Waals surface area contributed by atoms with Gasteiger partial charge in [0.05, 0.1) is 0 Å². The van der Waals surface area contributed by atoms with Crippen molar-refractivity contribution in [2.45, 2.75) is 52.4 Å². The van der Waals surface area contributed by atoms with E-state index in [9.17, 15) is 0 Å². The summed E-state index contributed by atoms with van der Waals surface area (Å²) in [7, 11) is 0. The van der Waals surface area contributed by atoms with Gasteiger partial charge in [-0.3, -0.25) is 0 Å². The number of hydrogen-bond donors (Lipinski definition) is 0. The molecule has 0 heterocycles. The van der Waals surface area contributed by atoms with Gasteiger partial charge in [-0.15, -0.1) is 0 Å². The van der Waals surface area contributed by atoms with Gasteiger partial charge >= 0.3 is 0 Å². The average Bonchev–Trinajstić information content (AvgIpc) is 3.08. The van der Waals surface area contributed by atoms with Crippen molar-refractivity contribution in [3.8, 4) is 0 Å². The summed E-state index contributed by atoms with van der Waals surface area (Å²) in [6, 6.07) is 17.1. The zero-order valence-corrected chi connectivity index (χ0v) is 13.3. The molecule has 0 aliphatic rings. The zero-order valence-electron chi connectivity index (χ0n) is 12.2. The summed E-state index contributed by atoms with van der Waals surface area (Å²) < 4.78 is 0. The van der Waals surface area contributed by atoms with Gasteiger partial charge in [0.1, 0.15) is 0 Å². The maximum absolute atomic E-state index is 2.25. The second-order valence-electron chi connectivity index (χ2n) is 4.75. The molecule has 0 unspecified atom stereocenters. The molecule has 0 atom stereocenters. The third-order valence-electron chi connectivity index (χ3n) is 3.19. The van der Waals surface area contributed by atoms with Crippen LogP contribution in [0.2, 0.25) is 0 Å². The van der Waals surface area contributed by atoms with Crippen LogP contribution in [-0.2, 0) is 29.9 Å². The van der Waals surface area contributed by atoms with E-state index in [1.807, 2.05) is 0 Å². The minimum atomic E-state index is 0. The van der Waals surface area contributed by atoms with Gasteiger partial charge in [0, 0.05) is 17.1 Å². The molecule has 2 aromatic rings. The molecule has 0 amide bonds. The maximum Gasteiger partial charge on any atom is 0 e. The molecular weight excluding hydrogens is 272 g/mol. The zero-order chi connectivity index (χ0) is 13.1. The van der Waals surface area contributed by atoms with Gasteiger partial charge in [0.25, 0.3) is 0 Å².